The molecule has 0 bridgehead atoms. The summed E-state index contributed by atoms with van der Waals surface area (Å²) in [5.41, 5.74) is 6.46. The van der Waals surface area contributed by atoms with E-state index in [4.69, 9.17) is 19.9 Å². The van der Waals surface area contributed by atoms with Gasteiger partial charge in [0.25, 0.3) is 0 Å². The van der Waals surface area contributed by atoms with Gasteiger partial charge in [0, 0.05) is 18.8 Å². The van der Waals surface area contributed by atoms with E-state index in [-0.39, 0.29) is 42.6 Å². The molecule has 0 saturated carbocycles. The number of nitrogens with two attached hydrogens (primary N) is 1. The van der Waals surface area contributed by atoms with Crippen LogP contribution in [0.2, 0.25) is 0 Å². The van der Waals surface area contributed by atoms with Crippen LogP contribution in [0.3, 0.4) is 0 Å². The number of ether oxygens (including phenoxy) is 3. The number of carboxylic acids is 1. The maximum absolute atomic E-state index is 12.3. The first-order valence-corrected chi connectivity index (χ1v) is 12.3. The molecule has 0 aliphatic carbocycles. The molecule has 3 N–H and O–H groups in total. The zero-order chi connectivity index (χ0) is 26.5. The van der Waals surface area contributed by atoms with Crippen molar-refractivity contribution in [3.8, 4) is 11.5 Å². The molecular weight excluding hydrogens is 454 g/mol. The first-order valence-electron chi connectivity index (χ1n) is 12.3. The molecule has 0 heterocycles. The highest BCUT2D eigenvalue weighted by Gasteiger charge is 2.30. The number of carbonyl (C=O) groups is 4. The van der Waals surface area contributed by atoms with Crippen LogP contribution in [0.4, 0.5) is 0 Å². The molecule has 1 rings (SSSR count). The van der Waals surface area contributed by atoms with Gasteiger partial charge in [0.1, 0.15) is 6.04 Å². The van der Waals surface area contributed by atoms with Crippen LogP contribution in [0.15, 0.2) is 18.2 Å². The van der Waals surface area contributed by atoms with Gasteiger partial charge in [-0.15, -0.1) is 0 Å². The third-order valence-corrected chi connectivity index (χ3v) is 5.50. The lowest BCUT2D eigenvalue weighted by atomic mass is 9.87. The van der Waals surface area contributed by atoms with Crippen molar-refractivity contribution in [1.29, 1.82) is 0 Å². The van der Waals surface area contributed by atoms with Crippen LogP contribution in [-0.2, 0) is 23.9 Å². The summed E-state index contributed by atoms with van der Waals surface area (Å²) >= 11 is 0. The number of benzene rings is 1. The standard InChI is InChI=1S/C26H39NO8/c1-6-9-16(4)26(32)33-17(5)14-19(24(27)25(30)31)18-12-13-20(34-22(28)10-7-2)21(15-18)35-23(29)11-8-3/h12-13,15-17,19,24H,6-11,14,27H2,1-5H3,(H,30,31)/t16?,17?,19?,24-/m0/s1. The third kappa shape index (κ3) is 10.1. The molecule has 1 aromatic rings. The van der Waals surface area contributed by atoms with E-state index >= 15 is 0 Å². The third-order valence-electron chi connectivity index (χ3n) is 5.50. The zero-order valence-corrected chi connectivity index (χ0v) is 21.4. The molecule has 4 atom stereocenters. The van der Waals surface area contributed by atoms with Crippen LogP contribution in [0.5, 0.6) is 11.5 Å². The molecule has 0 amide bonds. The first kappa shape index (κ1) is 30.1. The van der Waals surface area contributed by atoms with Gasteiger partial charge in [-0.1, -0.05) is 40.2 Å². The van der Waals surface area contributed by atoms with Gasteiger partial charge in [-0.05, 0) is 50.3 Å². The lowest BCUT2D eigenvalue weighted by molar-refractivity contribution is -0.153. The van der Waals surface area contributed by atoms with Crippen LogP contribution in [0.25, 0.3) is 0 Å². The fourth-order valence-electron chi connectivity index (χ4n) is 3.61. The Hall–Kier alpha value is -2.94. The Kier molecular flexibility index (Phi) is 13.0. The molecular formula is C26H39NO8. The maximum atomic E-state index is 12.3. The van der Waals surface area contributed by atoms with Crippen molar-refractivity contribution >= 4 is 23.9 Å². The first-order chi connectivity index (χ1) is 16.5. The van der Waals surface area contributed by atoms with Gasteiger partial charge in [-0.25, -0.2) is 0 Å². The van der Waals surface area contributed by atoms with Crippen LogP contribution in [0.1, 0.15) is 91.0 Å². The number of rotatable bonds is 15. The number of aliphatic carboxylic acids is 1. The van der Waals surface area contributed by atoms with Crippen molar-refractivity contribution in [2.45, 2.75) is 97.6 Å². The van der Waals surface area contributed by atoms with Crippen molar-refractivity contribution in [1.82, 2.24) is 0 Å². The van der Waals surface area contributed by atoms with Gasteiger partial charge in [0.15, 0.2) is 11.5 Å². The Morgan fingerprint density at radius 1 is 0.914 bits per heavy atom. The Morgan fingerprint density at radius 2 is 1.49 bits per heavy atom. The van der Waals surface area contributed by atoms with Crippen molar-refractivity contribution < 1.29 is 38.5 Å². The largest absolute Gasteiger partial charge is 0.480 e. The highest BCUT2D eigenvalue weighted by Crippen LogP contribution is 2.35. The molecule has 1 aromatic carbocycles. The molecule has 0 radical (unpaired) electrons. The Morgan fingerprint density at radius 3 is 2.00 bits per heavy atom. The molecule has 0 fully saturated rings. The average molecular weight is 494 g/mol. The highest BCUT2D eigenvalue weighted by molar-refractivity contribution is 5.77. The van der Waals surface area contributed by atoms with E-state index in [0.717, 1.165) is 6.42 Å². The van der Waals surface area contributed by atoms with Gasteiger partial charge in [0.05, 0.1) is 12.0 Å². The van der Waals surface area contributed by atoms with E-state index in [2.05, 4.69) is 0 Å². The number of esters is 3. The summed E-state index contributed by atoms with van der Waals surface area (Å²) in [5, 5.41) is 9.60. The van der Waals surface area contributed by atoms with E-state index in [1.165, 1.54) is 12.1 Å². The van der Waals surface area contributed by atoms with E-state index < -0.39 is 36.0 Å². The summed E-state index contributed by atoms with van der Waals surface area (Å²) in [6.07, 6.45) is 2.56. The van der Waals surface area contributed by atoms with Gasteiger partial charge in [-0.3, -0.25) is 19.2 Å². The molecule has 0 aliphatic heterocycles. The van der Waals surface area contributed by atoms with Crippen molar-refractivity contribution in [2.24, 2.45) is 11.7 Å². The van der Waals surface area contributed by atoms with Crippen molar-refractivity contribution in [3.05, 3.63) is 23.8 Å². The van der Waals surface area contributed by atoms with Crippen molar-refractivity contribution in [3.63, 3.8) is 0 Å². The maximum Gasteiger partial charge on any atom is 0.321 e. The average Bonchev–Trinajstić information content (AvgIpc) is 2.78. The van der Waals surface area contributed by atoms with Crippen LogP contribution in [-0.4, -0.2) is 41.1 Å². The Balaban J connectivity index is 3.27. The van der Waals surface area contributed by atoms with Crippen molar-refractivity contribution in [2.75, 3.05) is 0 Å². The van der Waals surface area contributed by atoms with Gasteiger partial charge in [0.2, 0.25) is 0 Å². The summed E-state index contributed by atoms with van der Waals surface area (Å²) in [6.45, 7) is 9.10. The fraction of sp³-hybridized carbons (Fsp3) is 0.615. The minimum Gasteiger partial charge on any atom is -0.480 e. The molecule has 9 nitrogen and oxygen atoms in total. The van der Waals surface area contributed by atoms with Crippen LogP contribution >= 0.6 is 0 Å². The Bertz CT molecular complexity index is 869. The number of carboxylic acid groups (broad SMARTS) is 1. The van der Waals surface area contributed by atoms with E-state index in [9.17, 15) is 24.3 Å². The molecule has 3 unspecified atom stereocenters. The predicted octanol–water partition coefficient (Wildman–Crippen LogP) is 4.35. The van der Waals surface area contributed by atoms with E-state index in [1.54, 1.807) is 19.9 Å². The number of hydrogen-bond donors (Lipinski definition) is 2. The number of carbonyl (C=O) groups excluding carboxylic acids is 3. The van der Waals surface area contributed by atoms with E-state index in [1.807, 2.05) is 20.8 Å². The molecule has 0 spiro atoms. The van der Waals surface area contributed by atoms with Crippen LogP contribution in [0, 0.1) is 5.92 Å². The van der Waals surface area contributed by atoms with Crippen LogP contribution < -0.4 is 15.2 Å². The lowest BCUT2D eigenvalue weighted by Gasteiger charge is -2.26. The van der Waals surface area contributed by atoms with E-state index in [0.29, 0.717) is 24.8 Å². The van der Waals surface area contributed by atoms with Gasteiger partial charge < -0.3 is 25.1 Å². The summed E-state index contributed by atoms with van der Waals surface area (Å²) in [4.78, 5) is 48.3. The summed E-state index contributed by atoms with van der Waals surface area (Å²) in [7, 11) is 0. The molecule has 0 aromatic heterocycles. The Labute approximate surface area is 207 Å². The topological polar surface area (TPSA) is 142 Å². The second-order valence-corrected chi connectivity index (χ2v) is 8.80. The minimum absolute atomic E-state index is 0.00853. The summed E-state index contributed by atoms with van der Waals surface area (Å²) in [5.74, 6) is -3.53. The molecule has 9 heteroatoms. The zero-order valence-electron chi connectivity index (χ0n) is 21.4. The monoisotopic (exact) mass is 493 g/mol. The molecule has 35 heavy (non-hydrogen) atoms. The number of hydrogen-bond acceptors (Lipinski definition) is 8. The molecule has 0 aliphatic rings. The van der Waals surface area contributed by atoms with Gasteiger partial charge in [-0.2, -0.15) is 0 Å². The molecule has 0 saturated heterocycles. The smallest absolute Gasteiger partial charge is 0.321 e. The molecule has 196 valence electrons. The summed E-state index contributed by atoms with van der Waals surface area (Å²) in [6, 6.07) is 3.19. The minimum atomic E-state index is -1.31. The second kappa shape index (κ2) is 15.1. The highest BCUT2D eigenvalue weighted by atomic mass is 16.6. The lowest BCUT2D eigenvalue weighted by Crippen LogP contribution is -2.38. The fourth-order valence-corrected chi connectivity index (χ4v) is 3.61. The van der Waals surface area contributed by atoms with Gasteiger partial charge >= 0.3 is 23.9 Å². The second-order valence-electron chi connectivity index (χ2n) is 8.80. The summed E-state index contributed by atoms with van der Waals surface area (Å²) < 4.78 is 16.3. The predicted molar refractivity (Wildman–Crippen MR) is 130 cm³/mol. The quantitative estimate of drug-likeness (QED) is 0.269. The normalized spacial score (nSPS) is 14.3. The SMILES string of the molecule is CCCC(=O)Oc1ccc(C(CC(C)OC(=O)C(C)CCC)[C@H](N)C(=O)O)cc1OC(=O)CCC.